The van der Waals surface area contributed by atoms with Crippen molar-refractivity contribution in [2.75, 3.05) is 11.9 Å². The lowest BCUT2D eigenvalue weighted by Gasteiger charge is -2.05. The van der Waals surface area contributed by atoms with Gasteiger partial charge >= 0.3 is 0 Å². The van der Waals surface area contributed by atoms with Gasteiger partial charge in [-0.25, -0.2) is 4.98 Å². The SMILES string of the molecule is Cc1cc(Br)cc(NCCc2cn[nH]n2)n1. The van der Waals surface area contributed by atoms with Crippen molar-refractivity contribution in [1.29, 1.82) is 0 Å². The zero-order valence-electron chi connectivity index (χ0n) is 8.87. The van der Waals surface area contributed by atoms with E-state index >= 15 is 0 Å². The van der Waals surface area contributed by atoms with Crippen LogP contribution in [0.2, 0.25) is 0 Å². The molecule has 0 spiro atoms. The molecule has 2 rings (SSSR count). The molecule has 0 fully saturated rings. The van der Waals surface area contributed by atoms with Crippen molar-refractivity contribution in [3.05, 3.63) is 34.2 Å². The molecule has 0 bridgehead atoms. The van der Waals surface area contributed by atoms with Gasteiger partial charge in [-0.2, -0.15) is 15.4 Å². The fraction of sp³-hybridized carbons (Fsp3) is 0.300. The average molecular weight is 282 g/mol. The minimum atomic E-state index is 0.787. The molecule has 0 amide bonds. The smallest absolute Gasteiger partial charge is 0.127 e. The number of rotatable bonds is 4. The Morgan fingerprint density at radius 3 is 3.00 bits per heavy atom. The Hall–Kier alpha value is -1.43. The Balaban J connectivity index is 1.89. The standard InChI is InChI=1S/C10H12BrN5/c1-7-4-8(11)5-10(14-7)12-3-2-9-6-13-16-15-9/h4-6H,2-3H2,1H3,(H,12,14)(H,13,15,16). The maximum atomic E-state index is 4.37. The van der Waals surface area contributed by atoms with Gasteiger partial charge in [-0.15, -0.1) is 0 Å². The topological polar surface area (TPSA) is 66.5 Å². The molecule has 0 aliphatic rings. The summed E-state index contributed by atoms with van der Waals surface area (Å²) in [7, 11) is 0. The molecule has 0 atom stereocenters. The predicted octanol–water partition coefficient (Wildman–Crippen LogP) is 1.93. The number of hydrogen-bond donors (Lipinski definition) is 2. The van der Waals surface area contributed by atoms with Crippen LogP contribution < -0.4 is 5.32 Å². The monoisotopic (exact) mass is 281 g/mol. The van der Waals surface area contributed by atoms with Gasteiger partial charge in [-0.05, 0) is 19.1 Å². The highest BCUT2D eigenvalue weighted by Crippen LogP contribution is 2.15. The van der Waals surface area contributed by atoms with Crippen LogP contribution in [0.4, 0.5) is 5.82 Å². The first kappa shape index (κ1) is 11.1. The summed E-state index contributed by atoms with van der Waals surface area (Å²) in [6, 6.07) is 3.93. The summed E-state index contributed by atoms with van der Waals surface area (Å²) in [5.41, 5.74) is 1.93. The molecule has 0 aliphatic carbocycles. The Bertz CT molecular complexity index is 434. The van der Waals surface area contributed by atoms with E-state index in [9.17, 15) is 0 Å². The van der Waals surface area contributed by atoms with Gasteiger partial charge in [-0.3, -0.25) is 0 Å². The van der Waals surface area contributed by atoms with Crippen molar-refractivity contribution in [2.24, 2.45) is 0 Å². The fourth-order valence-corrected chi connectivity index (χ4v) is 1.93. The molecule has 2 aromatic rings. The molecule has 2 N–H and O–H groups in total. The molecule has 5 nitrogen and oxygen atoms in total. The van der Waals surface area contributed by atoms with Crippen LogP contribution in [-0.2, 0) is 6.42 Å². The highest BCUT2D eigenvalue weighted by Gasteiger charge is 1.99. The van der Waals surface area contributed by atoms with Crippen LogP contribution in [0.5, 0.6) is 0 Å². The van der Waals surface area contributed by atoms with Gasteiger partial charge in [-0.1, -0.05) is 15.9 Å². The Morgan fingerprint density at radius 2 is 2.31 bits per heavy atom. The molecule has 0 unspecified atom stereocenters. The van der Waals surface area contributed by atoms with Crippen molar-refractivity contribution in [3.8, 4) is 0 Å². The second kappa shape index (κ2) is 5.07. The number of H-pyrrole nitrogens is 1. The average Bonchev–Trinajstić information content (AvgIpc) is 2.69. The number of nitrogens with zero attached hydrogens (tertiary/aromatic N) is 3. The third-order valence-corrected chi connectivity index (χ3v) is 2.53. The predicted molar refractivity (Wildman–Crippen MR) is 65.3 cm³/mol. The van der Waals surface area contributed by atoms with Crippen LogP contribution >= 0.6 is 15.9 Å². The molecule has 0 saturated heterocycles. The van der Waals surface area contributed by atoms with Crippen molar-refractivity contribution < 1.29 is 0 Å². The molecular weight excluding hydrogens is 270 g/mol. The quantitative estimate of drug-likeness (QED) is 0.899. The molecule has 2 heterocycles. The van der Waals surface area contributed by atoms with Crippen molar-refractivity contribution in [2.45, 2.75) is 13.3 Å². The number of aryl methyl sites for hydroxylation is 1. The summed E-state index contributed by atoms with van der Waals surface area (Å²) in [4.78, 5) is 4.37. The van der Waals surface area contributed by atoms with Gasteiger partial charge in [0, 0.05) is 23.1 Å². The van der Waals surface area contributed by atoms with E-state index in [1.807, 2.05) is 19.1 Å². The molecule has 0 aliphatic heterocycles. The third-order valence-electron chi connectivity index (χ3n) is 2.07. The molecule has 0 aromatic carbocycles. The Labute approximate surface area is 102 Å². The van der Waals surface area contributed by atoms with Gasteiger partial charge in [0.2, 0.25) is 0 Å². The van der Waals surface area contributed by atoms with Crippen LogP contribution in [-0.4, -0.2) is 26.9 Å². The maximum Gasteiger partial charge on any atom is 0.127 e. The second-order valence-corrected chi connectivity index (χ2v) is 4.37. The maximum absolute atomic E-state index is 4.37. The minimum absolute atomic E-state index is 0.787. The summed E-state index contributed by atoms with van der Waals surface area (Å²) in [6.45, 7) is 2.75. The van der Waals surface area contributed by atoms with E-state index in [1.165, 1.54) is 0 Å². The summed E-state index contributed by atoms with van der Waals surface area (Å²) in [5.74, 6) is 0.871. The van der Waals surface area contributed by atoms with E-state index in [2.05, 4.69) is 41.6 Å². The largest absolute Gasteiger partial charge is 0.370 e. The van der Waals surface area contributed by atoms with Gasteiger partial charge in [0.15, 0.2) is 0 Å². The summed E-state index contributed by atoms with van der Waals surface area (Å²) >= 11 is 3.44. The highest BCUT2D eigenvalue weighted by atomic mass is 79.9. The Morgan fingerprint density at radius 1 is 1.44 bits per heavy atom. The number of halogens is 1. The molecule has 84 valence electrons. The zero-order valence-corrected chi connectivity index (χ0v) is 10.5. The fourth-order valence-electron chi connectivity index (χ4n) is 1.38. The van der Waals surface area contributed by atoms with E-state index in [-0.39, 0.29) is 0 Å². The number of hydrogen-bond acceptors (Lipinski definition) is 4. The van der Waals surface area contributed by atoms with Gasteiger partial charge < -0.3 is 5.32 Å². The molecule has 16 heavy (non-hydrogen) atoms. The lowest BCUT2D eigenvalue weighted by atomic mass is 10.3. The van der Waals surface area contributed by atoms with Crippen molar-refractivity contribution in [1.82, 2.24) is 20.4 Å². The summed E-state index contributed by atoms with van der Waals surface area (Å²) in [6.07, 6.45) is 2.55. The van der Waals surface area contributed by atoms with Crippen LogP contribution in [0.3, 0.4) is 0 Å². The zero-order chi connectivity index (χ0) is 11.4. The van der Waals surface area contributed by atoms with E-state index in [0.717, 1.165) is 34.6 Å². The highest BCUT2D eigenvalue weighted by molar-refractivity contribution is 9.10. The minimum Gasteiger partial charge on any atom is -0.370 e. The Kier molecular flexibility index (Phi) is 3.51. The van der Waals surface area contributed by atoms with Crippen LogP contribution in [0, 0.1) is 6.92 Å². The first-order chi connectivity index (χ1) is 7.74. The van der Waals surface area contributed by atoms with Crippen molar-refractivity contribution in [3.63, 3.8) is 0 Å². The van der Waals surface area contributed by atoms with Gasteiger partial charge in [0.25, 0.3) is 0 Å². The lowest BCUT2D eigenvalue weighted by Crippen LogP contribution is -2.07. The van der Waals surface area contributed by atoms with E-state index in [4.69, 9.17) is 0 Å². The van der Waals surface area contributed by atoms with Crippen LogP contribution in [0.1, 0.15) is 11.4 Å². The number of aromatic amines is 1. The first-order valence-electron chi connectivity index (χ1n) is 4.97. The normalized spacial score (nSPS) is 10.4. The van der Waals surface area contributed by atoms with Gasteiger partial charge in [0.05, 0.1) is 11.9 Å². The lowest BCUT2D eigenvalue weighted by molar-refractivity contribution is 0.889. The van der Waals surface area contributed by atoms with Crippen LogP contribution in [0.15, 0.2) is 22.8 Å². The third kappa shape index (κ3) is 3.03. The summed E-state index contributed by atoms with van der Waals surface area (Å²) < 4.78 is 1.03. The molecule has 0 radical (unpaired) electrons. The molecule has 0 saturated carbocycles. The number of pyridine rings is 1. The molecule has 6 heteroatoms. The van der Waals surface area contributed by atoms with Gasteiger partial charge in [0.1, 0.15) is 5.82 Å². The number of aromatic nitrogens is 4. The number of nitrogens with one attached hydrogen (secondary N) is 2. The molecule has 2 aromatic heterocycles. The summed E-state index contributed by atoms with van der Waals surface area (Å²) in [5, 5.41) is 13.6. The van der Waals surface area contributed by atoms with Crippen LogP contribution in [0.25, 0.3) is 0 Å². The van der Waals surface area contributed by atoms with E-state index in [1.54, 1.807) is 6.20 Å². The van der Waals surface area contributed by atoms with E-state index in [0.29, 0.717) is 0 Å². The van der Waals surface area contributed by atoms with Crippen molar-refractivity contribution >= 4 is 21.7 Å². The second-order valence-electron chi connectivity index (χ2n) is 3.45. The molecular formula is C10H12BrN5. The first-order valence-corrected chi connectivity index (χ1v) is 5.76. The van der Waals surface area contributed by atoms with E-state index < -0.39 is 0 Å². The number of anilines is 1.